The lowest BCUT2D eigenvalue weighted by Gasteiger charge is -2.17. The van der Waals surface area contributed by atoms with Gasteiger partial charge in [-0.05, 0) is 5.56 Å². The van der Waals surface area contributed by atoms with Gasteiger partial charge < -0.3 is 9.84 Å². The Kier molecular flexibility index (Phi) is 3.22. The van der Waals surface area contributed by atoms with Gasteiger partial charge in [0, 0.05) is 12.0 Å². The second-order valence-corrected chi connectivity index (χ2v) is 5.85. The molecule has 1 aliphatic heterocycles. The van der Waals surface area contributed by atoms with Gasteiger partial charge in [-0.25, -0.2) is 0 Å². The van der Waals surface area contributed by atoms with E-state index >= 15 is 0 Å². The van der Waals surface area contributed by atoms with E-state index in [9.17, 15) is 9.36 Å². The molecule has 0 fully saturated rings. The Bertz CT molecular complexity index is 456. The fraction of sp³-hybridized carbons (Fsp3) is 0.182. The number of nitrogens with one attached hydrogen (secondary N) is 1. The summed E-state index contributed by atoms with van der Waals surface area (Å²) in [6.07, 6.45) is 1.31. The van der Waals surface area contributed by atoms with Gasteiger partial charge in [0.25, 0.3) is 0 Å². The van der Waals surface area contributed by atoms with Crippen LogP contribution in [0.25, 0.3) is 0 Å². The quantitative estimate of drug-likeness (QED) is 0.819. The number of carbonyl (C=O) groups excluding carboxylic acids is 1. The summed E-state index contributed by atoms with van der Waals surface area (Å²) in [5.41, 5.74) is 0.942. The summed E-state index contributed by atoms with van der Waals surface area (Å²) in [5, 5.41) is 2.46. The van der Waals surface area contributed by atoms with Crippen molar-refractivity contribution < 1.29 is 13.9 Å². The first-order valence-corrected chi connectivity index (χ1v) is 6.80. The molecular weight excluding hydrogens is 225 g/mol. The van der Waals surface area contributed by atoms with Crippen molar-refractivity contribution in [1.29, 1.82) is 0 Å². The Morgan fingerprint density at radius 3 is 2.75 bits per heavy atom. The molecule has 1 N–H and O–H groups in total. The molecule has 1 heterocycles. The molecule has 2 rings (SSSR count). The van der Waals surface area contributed by atoms with Crippen LogP contribution in [0.5, 0.6) is 0 Å². The van der Waals surface area contributed by atoms with Gasteiger partial charge in [0.2, 0.25) is 13.3 Å². The zero-order valence-electron chi connectivity index (χ0n) is 8.63. The molecule has 5 heteroatoms. The monoisotopic (exact) mass is 237 g/mol. The topological polar surface area (TPSA) is 55.4 Å². The fourth-order valence-electron chi connectivity index (χ4n) is 1.39. The standard InChI is InChI=1S/C11H12NO3P/c13-11-9-16(14,7-6-12-11)15-8-10-4-2-1-3-5-10/h1-7H,8-9H2,(H,12,13). The molecule has 0 aliphatic carbocycles. The maximum absolute atomic E-state index is 12.0. The lowest BCUT2D eigenvalue weighted by molar-refractivity contribution is -0.117. The van der Waals surface area contributed by atoms with Crippen molar-refractivity contribution in [3.63, 3.8) is 0 Å². The van der Waals surface area contributed by atoms with Crippen molar-refractivity contribution in [2.24, 2.45) is 0 Å². The normalized spacial score (nSPS) is 24.1. The summed E-state index contributed by atoms with van der Waals surface area (Å²) in [6.45, 7) is 0.260. The predicted molar refractivity (Wildman–Crippen MR) is 61.0 cm³/mol. The minimum Gasteiger partial charge on any atom is -0.332 e. The van der Waals surface area contributed by atoms with Gasteiger partial charge in [-0.2, -0.15) is 0 Å². The largest absolute Gasteiger partial charge is 0.332 e. The lowest BCUT2D eigenvalue weighted by atomic mass is 10.2. The molecule has 1 aromatic carbocycles. The summed E-state index contributed by atoms with van der Waals surface area (Å²) < 4.78 is 17.4. The van der Waals surface area contributed by atoms with E-state index in [0.717, 1.165) is 5.56 Å². The molecule has 1 unspecified atom stereocenters. The minimum atomic E-state index is -2.93. The molecule has 16 heavy (non-hydrogen) atoms. The molecular formula is C11H12NO3P. The van der Waals surface area contributed by atoms with Gasteiger partial charge in [0.15, 0.2) is 0 Å². The second kappa shape index (κ2) is 4.64. The van der Waals surface area contributed by atoms with Crippen LogP contribution in [0.3, 0.4) is 0 Å². The smallest absolute Gasteiger partial charge is 0.236 e. The number of hydrogen-bond donors (Lipinski definition) is 1. The number of rotatable bonds is 3. The average molecular weight is 237 g/mol. The highest BCUT2D eigenvalue weighted by Crippen LogP contribution is 2.49. The van der Waals surface area contributed by atoms with Crippen molar-refractivity contribution in [2.75, 3.05) is 6.16 Å². The Labute approximate surface area is 93.8 Å². The highest BCUT2D eigenvalue weighted by molar-refractivity contribution is 7.63. The van der Waals surface area contributed by atoms with Gasteiger partial charge in [-0.15, -0.1) is 0 Å². The molecule has 1 aromatic rings. The van der Waals surface area contributed by atoms with E-state index in [-0.39, 0.29) is 18.7 Å². The molecule has 0 saturated heterocycles. The fourth-order valence-corrected chi connectivity index (χ4v) is 2.83. The third kappa shape index (κ3) is 2.81. The van der Waals surface area contributed by atoms with Crippen molar-refractivity contribution >= 4 is 13.3 Å². The van der Waals surface area contributed by atoms with Crippen LogP contribution in [0, 0.1) is 0 Å². The zero-order chi connectivity index (χ0) is 11.4. The second-order valence-electron chi connectivity index (χ2n) is 3.53. The molecule has 0 aromatic heterocycles. The van der Waals surface area contributed by atoms with Crippen LogP contribution in [-0.2, 0) is 20.5 Å². The Morgan fingerprint density at radius 2 is 2.06 bits per heavy atom. The number of benzene rings is 1. The molecule has 1 aliphatic rings. The summed E-state index contributed by atoms with van der Waals surface area (Å²) in [4.78, 5) is 11.1. The van der Waals surface area contributed by atoms with Crippen LogP contribution in [-0.4, -0.2) is 12.1 Å². The van der Waals surface area contributed by atoms with Crippen LogP contribution in [0.1, 0.15) is 5.56 Å². The SMILES string of the molecule is O=C1CP(=O)(OCc2ccccc2)C=CN1. The van der Waals surface area contributed by atoms with Crippen LogP contribution < -0.4 is 5.32 Å². The molecule has 0 spiro atoms. The van der Waals surface area contributed by atoms with Gasteiger partial charge in [-0.3, -0.25) is 9.36 Å². The predicted octanol–water partition coefficient (Wildman–Crippen LogP) is 2.08. The van der Waals surface area contributed by atoms with Gasteiger partial charge in [-0.1, -0.05) is 30.3 Å². The third-order valence-corrected chi connectivity index (χ3v) is 4.10. The van der Waals surface area contributed by atoms with E-state index in [0.29, 0.717) is 0 Å². The third-order valence-electron chi connectivity index (χ3n) is 2.20. The first kappa shape index (κ1) is 11.1. The number of carbonyl (C=O) groups is 1. The summed E-state index contributed by atoms with van der Waals surface area (Å²) in [5.74, 6) is 1.18. The van der Waals surface area contributed by atoms with Crippen LogP contribution in [0.15, 0.2) is 42.3 Å². The highest BCUT2D eigenvalue weighted by Gasteiger charge is 2.26. The highest BCUT2D eigenvalue weighted by atomic mass is 31.2. The summed E-state index contributed by atoms with van der Waals surface area (Å²) in [6, 6.07) is 9.45. The Morgan fingerprint density at radius 1 is 1.31 bits per heavy atom. The molecule has 1 atom stereocenters. The van der Waals surface area contributed by atoms with Crippen molar-refractivity contribution in [2.45, 2.75) is 6.61 Å². The molecule has 4 nitrogen and oxygen atoms in total. The van der Waals surface area contributed by atoms with E-state index < -0.39 is 7.37 Å². The van der Waals surface area contributed by atoms with Crippen molar-refractivity contribution in [3.8, 4) is 0 Å². The lowest BCUT2D eigenvalue weighted by Crippen LogP contribution is -2.24. The zero-order valence-corrected chi connectivity index (χ0v) is 9.52. The molecule has 0 bridgehead atoms. The van der Waals surface area contributed by atoms with Gasteiger partial charge in [0.1, 0.15) is 6.16 Å². The van der Waals surface area contributed by atoms with Crippen LogP contribution in [0.4, 0.5) is 0 Å². The van der Waals surface area contributed by atoms with Crippen molar-refractivity contribution in [3.05, 3.63) is 47.9 Å². The average Bonchev–Trinajstić information content (AvgIpc) is 2.28. The maximum atomic E-state index is 12.0. The van der Waals surface area contributed by atoms with E-state index in [1.54, 1.807) is 0 Å². The van der Waals surface area contributed by atoms with Crippen LogP contribution in [0.2, 0.25) is 0 Å². The Balaban J connectivity index is 2.00. The molecule has 84 valence electrons. The number of amides is 1. The van der Waals surface area contributed by atoms with E-state index in [1.165, 1.54) is 12.0 Å². The van der Waals surface area contributed by atoms with E-state index in [1.807, 2.05) is 30.3 Å². The minimum absolute atomic E-state index is 0.0731. The van der Waals surface area contributed by atoms with Gasteiger partial charge in [0.05, 0.1) is 6.61 Å². The molecule has 0 saturated carbocycles. The maximum Gasteiger partial charge on any atom is 0.236 e. The summed E-state index contributed by atoms with van der Waals surface area (Å²) >= 11 is 0. The van der Waals surface area contributed by atoms with Crippen LogP contribution >= 0.6 is 7.37 Å². The Hall–Kier alpha value is -1.38. The first-order chi connectivity index (χ1) is 7.68. The molecule has 0 radical (unpaired) electrons. The van der Waals surface area contributed by atoms with E-state index in [4.69, 9.17) is 4.52 Å². The molecule has 1 amide bonds. The van der Waals surface area contributed by atoms with Gasteiger partial charge >= 0.3 is 0 Å². The number of hydrogen-bond acceptors (Lipinski definition) is 3. The first-order valence-electron chi connectivity index (χ1n) is 4.92. The van der Waals surface area contributed by atoms with E-state index in [2.05, 4.69) is 5.32 Å². The van der Waals surface area contributed by atoms with Crippen molar-refractivity contribution in [1.82, 2.24) is 5.32 Å². The summed E-state index contributed by atoms with van der Waals surface area (Å²) in [7, 11) is -2.93.